The summed E-state index contributed by atoms with van der Waals surface area (Å²) in [5, 5.41) is 0. The third-order valence-corrected chi connectivity index (χ3v) is 23.5. The molecular formula is C100H107NO11. The number of allylic oxidation sites excluding steroid dienone is 1. The number of hydrogen-bond donors (Lipinski definition) is 1. The highest BCUT2D eigenvalue weighted by Crippen LogP contribution is 2.53. The first-order valence-corrected chi connectivity index (χ1v) is 40.5. The number of methoxy groups -OCH3 is 5. The van der Waals surface area contributed by atoms with Crippen molar-refractivity contribution in [2.24, 2.45) is 17.6 Å². The summed E-state index contributed by atoms with van der Waals surface area (Å²) in [5.41, 5.74) is 14.7. The van der Waals surface area contributed by atoms with Crippen molar-refractivity contribution in [3.05, 3.63) is 250 Å². The normalized spacial score (nSPS) is 21.9. The van der Waals surface area contributed by atoms with Crippen LogP contribution in [-0.2, 0) is 36.0 Å². The molecule has 0 atom stereocenters. The molecule has 0 amide bonds. The summed E-state index contributed by atoms with van der Waals surface area (Å²) < 4.78 is 52.5. The standard InChI is InChI=1S/C26H28O3.C25H29NO2.C25H26O3.C24H24O3/c1-27-19-21-17-26(18-21,15-14-20-8-4-3-5-9-20)22-12-13-24(28-2)25(16-22)29-23-10-6-7-11-23;2*1-27-23-12-11-21(15-24(23)28-22-9-5-6-10-22)25(16-20(17-25)18-26)14-13-19-7-3-2-4-8-19;1-26-22-12-11-19(15-23(22)27-21-9-5-6-10-21)24(16-20(25)17-24)14-13-18-7-3-2-4-8-18/h3-5,8-9,12-13,16,19,23H,6-7,10-11,17-18H2,1-2H3;2-4,7-8,11-12,15,20,22H,5-6,9-10,16-18,26H2,1H3;2-4,7-8,11-12,15,18,20,22H,5-6,9-10,16-17H2,1H3;2-4,7-8,11-12,15,21H,5-6,9-10,16-17H2,1H3. The molecule has 8 aliphatic rings. The fraction of sp³-hybridized carbons (Fsp3) is 0.400. The molecule has 8 aliphatic carbocycles. The summed E-state index contributed by atoms with van der Waals surface area (Å²) in [4.78, 5) is 23.1. The SMILES string of the molecule is COC=C1CC(C#Cc2ccccc2)(c2ccc(OC)c(OC3CCCC3)c2)C1.COc1ccc(C2(C#Cc3ccccc3)CC(=O)C2)cc1OC1CCCC1.COc1ccc(C2(C#Cc3ccccc3)CC(C=O)C2)cc1OC1CCCC1.COc1ccc(C2(C#Cc3ccccc3)CC(CN)C2)cc1OC1CCCC1. The molecule has 8 aromatic rings. The Labute approximate surface area is 664 Å². The van der Waals surface area contributed by atoms with E-state index < -0.39 is 5.41 Å². The summed E-state index contributed by atoms with van der Waals surface area (Å²) >= 11 is 0. The lowest BCUT2D eigenvalue weighted by Gasteiger charge is -2.44. The Morgan fingerprint density at radius 3 is 0.902 bits per heavy atom. The second kappa shape index (κ2) is 38.0. The summed E-state index contributed by atoms with van der Waals surface area (Å²) in [6, 6.07) is 65.0. The molecule has 0 saturated heterocycles. The second-order valence-electron chi connectivity index (χ2n) is 31.4. The van der Waals surface area contributed by atoms with E-state index in [1.165, 1.54) is 68.1 Å². The fourth-order valence-corrected chi connectivity index (χ4v) is 17.0. The zero-order chi connectivity index (χ0) is 77.6. The molecule has 8 fully saturated rings. The van der Waals surface area contributed by atoms with Crippen molar-refractivity contribution in [3.63, 3.8) is 0 Å². The van der Waals surface area contributed by atoms with Crippen molar-refractivity contribution < 1.29 is 52.2 Å². The summed E-state index contributed by atoms with van der Waals surface area (Å²) in [7, 11) is 8.44. The molecule has 0 aliphatic heterocycles. The number of Topliss-reactive ketones (excluding diaryl/α,β-unsaturated/α-hetero) is 1. The van der Waals surface area contributed by atoms with Gasteiger partial charge in [-0.1, -0.05) is 144 Å². The molecule has 0 bridgehead atoms. The van der Waals surface area contributed by atoms with Crippen LogP contribution < -0.4 is 43.6 Å². The zero-order valence-electron chi connectivity index (χ0n) is 65.8. The molecule has 0 aromatic heterocycles. The number of ether oxygens (including phenoxy) is 9. The van der Waals surface area contributed by atoms with Crippen molar-refractivity contribution >= 4 is 12.1 Å². The van der Waals surface area contributed by atoms with Crippen LogP contribution in [0.25, 0.3) is 0 Å². The third kappa shape index (κ3) is 19.7. The smallest absolute Gasteiger partial charge is 0.161 e. The van der Waals surface area contributed by atoms with E-state index in [-0.39, 0.29) is 46.3 Å². The molecule has 112 heavy (non-hydrogen) atoms. The molecule has 0 radical (unpaired) electrons. The maximum absolute atomic E-state index is 11.9. The predicted molar refractivity (Wildman–Crippen MR) is 443 cm³/mol. The van der Waals surface area contributed by atoms with Gasteiger partial charge in [0.1, 0.15) is 12.1 Å². The Hall–Kier alpha value is -10.8. The van der Waals surface area contributed by atoms with Gasteiger partial charge in [0.2, 0.25) is 0 Å². The zero-order valence-corrected chi connectivity index (χ0v) is 65.8. The van der Waals surface area contributed by atoms with Gasteiger partial charge >= 0.3 is 0 Å². The van der Waals surface area contributed by atoms with E-state index in [1.54, 1.807) is 35.5 Å². The van der Waals surface area contributed by atoms with Crippen molar-refractivity contribution in [1.29, 1.82) is 0 Å². The topological polar surface area (TPSA) is 143 Å². The molecule has 8 aromatic carbocycles. The van der Waals surface area contributed by atoms with Crippen LogP contribution in [0.5, 0.6) is 46.0 Å². The lowest BCUT2D eigenvalue weighted by atomic mass is 9.59. The lowest BCUT2D eigenvalue weighted by molar-refractivity contribution is -0.126. The number of ketones is 1. The molecule has 12 nitrogen and oxygen atoms in total. The number of nitrogens with two attached hydrogens (primary N) is 1. The van der Waals surface area contributed by atoms with E-state index in [1.807, 2.05) is 152 Å². The number of carbonyl (C=O) groups excluding carboxylic acids is 2. The Morgan fingerprint density at radius 2 is 0.634 bits per heavy atom. The molecule has 578 valence electrons. The van der Waals surface area contributed by atoms with Crippen LogP contribution in [0.3, 0.4) is 0 Å². The Kier molecular flexibility index (Phi) is 26.9. The first-order chi connectivity index (χ1) is 54.8. The third-order valence-electron chi connectivity index (χ3n) is 23.5. The minimum absolute atomic E-state index is 0.0753. The van der Waals surface area contributed by atoms with Crippen molar-refractivity contribution in [3.8, 4) is 93.4 Å². The van der Waals surface area contributed by atoms with E-state index in [4.69, 9.17) is 48.4 Å². The van der Waals surface area contributed by atoms with Crippen LogP contribution in [0, 0.1) is 59.2 Å². The first-order valence-electron chi connectivity index (χ1n) is 40.5. The quantitative estimate of drug-likeness (QED) is 0.0468. The minimum Gasteiger partial charge on any atom is -0.504 e. The average Bonchev–Trinajstić information content (AvgIpc) is 0.839. The van der Waals surface area contributed by atoms with Gasteiger partial charge in [0.25, 0.3) is 0 Å². The van der Waals surface area contributed by atoms with E-state index in [2.05, 4.69) is 95.9 Å². The van der Waals surface area contributed by atoms with Gasteiger partial charge in [0.15, 0.2) is 46.0 Å². The molecule has 8 saturated carbocycles. The highest BCUT2D eigenvalue weighted by Gasteiger charge is 2.48. The molecule has 0 heterocycles. The van der Waals surface area contributed by atoms with Gasteiger partial charge in [-0.05, 0) is 279 Å². The second-order valence-corrected chi connectivity index (χ2v) is 31.4. The van der Waals surface area contributed by atoms with Crippen LogP contribution in [0.1, 0.15) is 199 Å². The summed E-state index contributed by atoms with van der Waals surface area (Å²) in [6.45, 7) is 0.719. The van der Waals surface area contributed by atoms with Crippen LogP contribution in [0.15, 0.2) is 206 Å². The number of rotatable bonds is 19. The number of carbonyl (C=O) groups is 2. The Bertz CT molecular complexity index is 4740. The van der Waals surface area contributed by atoms with Crippen molar-refractivity contribution in [2.45, 2.75) is 200 Å². The van der Waals surface area contributed by atoms with Gasteiger partial charge in [0, 0.05) is 41.0 Å². The first kappa shape index (κ1) is 79.3. The van der Waals surface area contributed by atoms with Gasteiger partial charge in [-0.2, -0.15) is 0 Å². The molecular weight excluding hydrogens is 1390 g/mol. The van der Waals surface area contributed by atoms with E-state index >= 15 is 0 Å². The van der Waals surface area contributed by atoms with Crippen molar-refractivity contribution in [2.75, 3.05) is 42.1 Å². The van der Waals surface area contributed by atoms with Gasteiger partial charge in [0.05, 0.1) is 87.9 Å². The number of benzene rings is 8. The largest absolute Gasteiger partial charge is 0.504 e. The Balaban J connectivity index is 0.000000131. The average molecular weight is 1500 g/mol. The van der Waals surface area contributed by atoms with Gasteiger partial charge in [-0.3, -0.25) is 4.79 Å². The molecule has 12 heteroatoms. The van der Waals surface area contributed by atoms with E-state index in [0.29, 0.717) is 24.9 Å². The van der Waals surface area contributed by atoms with Gasteiger partial charge in [-0.15, -0.1) is 0 Å². The van der Waals surface area contributed by atoms with Crippen LogP contribution in [-0.4, -0.2) is 78.6 Å². The fourth-order valence-electron chi connectivity index (χ4n) is 17.0. The predicted octanol–water partition coefficient (Wildman–Crippen LogP) is 19.9. The number of hydrogen-bond acceptors (Lipinski definition) is 12. The van der Waals surface area contributed by atoms with Gasteiger partial charge in [-0.25, -0.2) is 0 Å². The van der Waals surface area contributed by atoms with Crippen molar-refractivity contribution in [1.82, 2.24) is 0 Å². The molecule has 16 rings (SSSR count). The Morgan fingerprint density at radius 1 is 0.357 bits per heavy atom. The number of aldehydes is 1. The minimum atomic E-state index is -0.424. The van der Waals surface area contributed by atoms with E-state index in [0.717, 1.165) is 182 Å². The van der Waals surface area contributed by atoms with Crippen LogP contribution in [0.4, 0.5) is 0 Å². The highest BCUT2D eigenvalue weighted by molar-refractivity contribution is 5.90. The maximum atomic E-state index is 11.9. The summed E-state index contributed by atoms with van der Waals surface area (Å²) in [6.07, 6.45) is 28.9. The monoisotopic (exact) mass is 1500 g/mol. The van der Waals surface area contributed by atoms with E-state index in [9.17, 15) is 9.59 Å². The highest BCUT2D eigenvalue weighted by atomic mass is 16.5. The maximum Gasteiger partial charge on any atom is 0.161 e. The van der Waals surface area contributed by atoms with Crippen LogP contribution in [0.2, 0.25) is 0 Å². The molecule has 0 unspecified atom stereocenters. The molecule has 2 N–H and O–H groups in total. The molecule has 0 spiro atoms. The van der Waals surface area contributed by atoms with Crippen LogP contribution >= 0.6 is 0 Å². The lowest BCUT2D eigenvalue weighted by Crippen LogP contribution is -2.43. The summed E-state index contributed by atoms with van der Waals surface area (Å²) in [5.74, 6) is 34.6. The van der Waals surface area contributed by atoms with Gasteiger partial charge < -0.3 is 53.2 Å².